The molecule has 1 heterocycles. The van der Waals surface area contributed by atoms with Crippen LogP contribution in [0.1, 0.15) is 29.9 Å². The van der Waals surface area contributed by atoms with Crippen LogP contribution >= 0.6 is 12.2 Å². The van der Waals surface area contributed by atoms with E-state index in [0.29, 0.717) is 5.92 Å². The lowest BCUT2D eigenvalue weighted by molar-refractivity contribution is 0.628. The monoisotopic (exact) mass is 350 g/mol. The van der Waals surface area contributed by atoms with Crippen molar-refractivity contribution in [1.29, 1.82) is 0 Å². The lowest BCUT2D eigenvalue weighted by atomic mass is 10.0. The van der Waals surface area contributed by atoms with E-state index in [4.69, 9.17) is 12.2 Å². The van der Waals surface area contributed by atoms with Crippen molar-refractivity contribution < 1.29 is 4.39 Å². The zero-order valence-corrected chi connectivity index (χ0v) is 14.8. The van der Waals surface area contributed by atoms with Gasteiger partial charge >= 0.3 is 0 Å². The molecule has 2 aromatic carbocycles. The average molecular weight is 350 g/mol. The van der Waals surface area contributed by atoms with Crippen molar-refractivity contribution in [3.63, 3.8) is 0 Å². The summed E-state index contributed by atoms with van der Waals surface area (Å²) in [6.07, 6.45) is 6.74. The van der Waals surface area contributed by atoms with Crippen molar-refractivity contribution in [2.45, 2.75) is 18.8 Å². The summed E-state index contributed by atoms with van der Waals surface area (Å²) in [4.78, 5) is 0.733. The van der Waals surface area contributed by atoms with Crippen LogP contribution in [0.2, 0.25) is 0 Å². The Bertz CT molecular complexity index is 923. The molecule has 0 aliphatic heterocycles. The molecule has 4 rings (SSSR count). The first-order valence-electron chi connectivity index (χ1n) is 8.44. The Hall–Kier alpha value is -2.46. The molecule has 3 aromatic rings. The molecule has 0 bridgehead atoms. The summed E-state index contributed by atoms with van der Waals surface area (Å²) >= 11 is 5.70. The van der Waals surface area contributed by atoms with Crippen molar-refractivity contribution in [3.05, 3.63) is 77.9 Å². The number of para-hydroxylation sites is 1. The van der Waals surface area contributed by atoms with E-state index in [2.05, 4.69) is 22.3 Å². The summed E-state index contributed by atoms with van der Waals surface area (Å²) in [5.41, 5.74) is 5.34. The van der Waals surface area contributed by atoms with Gasteiger partial charge in [-0.1, -0.05) is 42.5 Å². The molecule has 0 radical (unpaired) electrons. The average Bonchev–Trinajstić information content (AvgIpc) is 3.38. The molecule has 25 heavy (non-hydrogen) atoms. The SMILES string of the molecule is Cn1cc(C(=S)Nc2ccccc2-c2ccc(F)cc2)c(C2CC2)c1. The number of halogens is 1. The number of anilines is 1. The Morgan fingerprint density at radius 3 is 2.52 bits per heavy atom. The number of aryl methyl sites for hydroxylation is 1. The Morgan fingerprint density at radius 2 is 1.80 bits per heavy atom. The molecule has 1 aliphatic carbocycles. The maximum Gasteiger partial charge on any atom is 0.123 e. The van der Waals surface area contributed by atoms with Crippen LogP contribution in [-0.4, -0.2) is 9.56 Å². The number of benzene rings is 2. The minimum atomic E-state index is -0.233. The fraction of sp³-hybridized carbons (Fsp3) is 0.190. The normalized spacial score (nSPS) is 13.7. The topological polar surface area (TPSA) is 17.0 Å². The summed E-state index contributed by atoms with van der Waals surface area (Å²) in [6.45, 7) is 0. The molecule has 4 heteroatoms. The predicted octanol–water partition coefficient (Wildman–Crippen LogP) is 5.50. The van der Waals surface area contributed by atoms with Crippen LogP contribution in [0.25, 0.3) is 11.1 Å². The number of hydrogen-bond donors (Lipinski definition) is 1. The molecular formula is C21H19FN2S. The number of thiocarbonyl (C=S) groups is 1. The van der Waals surface area contributed by atoms with E-state index in [1.165, 1.54) is 30.5 Å². The van der Waals surface area contributed by atoms with Gasteiger partial charge in [0, 0.05) is 36.3 Å². The molecule has 1 saturated carbocycles. The van der Waals surface area contributed by atoms with Gasteiger partial charge in [0.15, 0.2) is 0 Å². The van der Waals surface area contributed by atoms with E-state index in [-0.39, 0.29) is 5.82 Å². The number of hydrogen-bond acceptors (Lipinski definition) is 1. The van der Waals surface area contributed by atoms with Crippen molar-refractivity contribution >= 4 is 22.9 Å². The number of aromatic nitrogens is 1. The minimum absolute atomic E-state index is 0.233. The minimum Gasteiger partial charge on any atom is -0.356 e. The smallest absolute Gasteiger partial charge is 0.123 e. The van der Waals surface area contributed by atoms with Crippen LogP contribution in [0.4, 0.5) is 10.1 Å². The molecule has 0 atom stereocenters. The molecule has 2 nitrogen and oxygen atoms in total. The predicted molar refractivity (Wildman–Crippen MR) is 105 cm³/mol. The number of nitrogens with zero attached hydrogens (tertiary/aromatic N) is 1. The first-order chi connectivity index (χ1) is 12.1. The third-order valence-corrected chi connectivity index (χ3v) is 4.90. The summed E-state index contributed by atoms with van der Waals surface area (Å²) in [7, 11) is 2.03. The third-order valence-electron chi connectivity index (χ3n) is 4.58. The van der Waals surface area contributed by atoms with Crippen LogP contribution in [0.5, 0.6) is 0 Å². The standard InChI is InChI=1S/C21H19FN2S/c1-24-12-18(15-6-7-15)19(13-24)21(25)23-20-5-3-2-4-17(20)14-8-10-16(22)11-9-14/h2-5,8-13,15H,6-7H2,1H3,(H,23,25). The highest BCUT2D eigenvalue weighted by Crippen LogP contribution is 2.42. The van der Waals surface area contributed by atoms with Crippen LogP contribution in [0, 0.1) is 5.82 Å². The van der Waals surface area contributed by atoms with Gasteiger partial charge in [-0.3, -0.25) is 0 Å². The Balaban J connectivity index is 1.65. The van der Waals surface area contributed by atoms with Crippen molar-refractivity contribution in [2.75, 3.05) is 5.32 Å². The van der Waals surface area contributed by atoms with E-state index in [1.54, 1.807) is 12.1 Å². The maximum atomic E-state index is 13.2. The first-order valence-corrected chi connectivity index (χ1v) is 8.85. The Kier molecular flexibility index (Phi) is 4.14. The molecule has 1 N–H and O–H groups in total. The third kappa shape index (κ3) is 3.35. The zero-order valence-electron chi connectivity index (χ0n) is 14.0. The van der Waals surface area contributed by atoms with Gasteiger partial charge in [0.05, 0.1) is 0 Å². The van der Waals surface area contributed by atoms with Gasteiger partial charge in [0.1, 0.15) is 10.8 Å². The van der Waals surface area contributed by atoms with E-state index in [9.17, 15) is 4.39 Å². The summed E-state index contributed by atoms with van der Waals surface area (Å²) < 4.78 is 15.3. The fourth-order valence-corrected chi connectivity index (χ4v) is 3.46. The van der Waals surface area contributed by atoms with Gasteiger partial charge in [-0.25, -0.2) is 4.39 Å². The first kappa shape index (κ1) is 16.0. The largest absolute Gasteiger partial charge is 0.356 e. The van der Waals surface area contributed by atoms with Gasteiger partial charge in [-0.15, -0.1) is 0 Å². The molecular weight excluding hydrogens is 331 g/mol. The van der Waals surface area contributed by atoms with Crippen molar-refractivity contribution in [1.82, 2.24) is 4.57 Å². The molecule has 0 spiro atoms. The highest BCUT2D eigenvalue weighted by atomic mass is 32.1. The molecule has 1 aliphatic rings. The second-order valence-corrected chi connectivity index (χ2v) is 6.98. The number of nitrogens with one attached hydrogen (secondary N) is 1. The van der Waals surface area contributed by atoms with Crippen LogP contribution in [0.15, 0.2) is 60.9 Å². The van der Waals surface area contributed by atoms with Gasteiger partial charge in [0.25, 0.3) is 0 Å². The van der Waals surface area contributed by atoms with Gasteiger partial charge < -0.3 is 9.88 Å². The highest BCUT2D eigenvalue weighted by Gasteiger charge is 2.28. The van der Waals surface area contributed by atoms with Crippen LogP contribution in [0.3, 0.4) is 0 Å². The maximum absolute atomic E-state index is 13.2. The van der Waals surface area contributed by atoms with Crippen LogP contribution in [-0.2, 0) is 7.05 Å². The van der Waals surface area contributed by atoms with E-state index < -0.39 is 0 Å². The van der Waals surface area contributed by atoms with Gasteiger partial charge in [-0.05, 0) is 48.1 Å². The van der Waals surface area contributed by atoms with Crippen LogP contribution < -0.4 is 5.32 Å². The van der Waals surface area contributed by atoms with Crippen molar-refractivity contribution in [2.24, 2.45) is 7.05 Å². The lowest BCUT2D eigenvalue weighted by Crippen LogP contribution is -2.12. The quantitative estimate of drug-likeness (QED) is 0.626. The Morgan fingerprint density at radius 1 is 1.08 bits per heavy atom. The summed E-state index contributed by atoms with van der Waals surface area (Å²) in [5.74, 6) is 0.409. The highest BCUT2D eigenvalue weighted by molar-refractivity contribution is 7.81. The number of rotatable bonds is 4. The van der Waals surface area contributed by atoms with E-state index >= 15 is 0 Å². The second-order valence-electron chi connectivity index (χ2n) is 6.57. The fourth-order valence-electron chi connectivity index (χ4n) is 3.18. The molecule has 0 amide bonds. The summed E-state index contributed by atoms with van der Waals surface area (Å²) in [6, 6.07) is 14.5. The van der Waals surface area contributed by atoms with Gasteiger partial charge in [0.2, 0.25) is 0 Å². The Labute approximate surface area is 152 Å². The zero-order chi connectivity index (χ0) is 17.4. The molecule has 126 valence electrons. The summed E-state index contributed by atoms with van der Waals surface area (Å²) in [5, 5.41) is 3.40. The molecule has 1 aromatic heterocycles. The molecule has 0 unspecified atom stereocenters. The van der Waals surface area contributed by atoms with E-state index in [1.807, 2.05) is 31.3 Å². The van der Waals surface area contributed by atoms with Gasteiger partial charge in [-0.2, -0.15) is 0 Å². The van der Waals surface area contributed by atoms with E-state index in [0.717, 1.165) is 27.4 Å². The molecule has 1 fully saturated rings. The van der Waals surface area contributed by atoms with Crippen molar-refractivity contribution in [3.8, 4) is 11.1 Å². The lowest BCUT2D eigenvalue weighted by Gasteiger charge is -2.13. The second kappa shape index (κ2) is 6.45. The molecule has 0 saturated heterocycles.